The highest BCUT2D eigenvalue weighted by Crippen LogP contribution is 2.25. The summed E-state index contributed by atoms with van der Waals surface area (Å²) < 4.78 is 0. The average Bonchev–Trinajstić information content (AvgIpc) is 2.62. The van der Waals surface area contributed by atoms with Crippen LogP contribution in [0.25, 0.3) is 10.8 Å². The molecule has 0 saturated heterocycles. The van der Waals surface area contributed by atoms with Crippen LogP contribution in [0.4, 0.5) is 4.79 Å². The summed E-state index contributed by atoms with van der Waals surface area (Å²) in [5.41, 5.74) is 3.58. The van der Waals surface area contributed by atoms with Gasteiger partial charge in [0.15, 0.2) is 0 Å². The maximum absolute atomic E-state index is 12.2. The Morgan fingerprint density at radius 3 is 2.50 bits per heavy atom. The van der Waals surface area contributed by atoms with Crippen LogP contribution >= 0.6 is 11.8 Å². The van der Waals surface area contributed by atoms with Gasteiger partial charge in [0, 0.05) is 5.75 Å². The minimum atomic E-state index is 0.0129. The monoisotopic (exact) mass is 335 g/mol. The van der Waals surface area contributed by atoms with E-state index in [9.17, 15) is 4.79 Å². The van der Waals surface area contributed by atoms with Crippen molar-refractivity contribution < 1.29 is 4.79 Å². The number of carbonyl (C=O) groups is 1. The maximum atomic E-state index is 12.2. The number of fused-ring (bicyclic) bond motifs is 1. The Labute approximate surface area is 147 Å². The molecule has 0 spiro atoms. The maximum Gasteiger partial charge on any atom is 0.279 e. The van der Waals surface area contributed by atoms with E-state index < -0.39 is 0 Å². The van der Waals surface area contributed by atoms with Crippen LogP contribution in [0.3, 0.4) is 0 Å². The van der Waals surface area contributed by atoms with Gasteiger partial charge in [-0.05, 0) is 41.3 Å². The lowest BCUT2D eigenvalue weighted by Crippen LogP contribution is -2.22. The fourth-order valence-corrected chi connectivity index (χ4v) is 3.67. The van der Waals surface area contributed by atoms with Crippen LogP contribution in [0.5, 0.6) is 0 Å². The summed E-state index contributed by atoms with van der Waals surface area (Å²) in [4.78, 5) is 12.2. The number of thioether (sulfide) groups is 1. The van der Waals surface area contributed by atoms with Gasteiger partial charge >= 0.3 is 0 Å². The lowest BCUT2D eigenvalue weighted by atomic mass is 10.0. The van der Waals surface area contributed by atoms with Crippen molar-refractivity contribution in [3.05, 3.63) is 83.4 Å². The molecule has 0 aliphatic heterocycles. The van der Waals surface area contributed by atoms with Crippen LogP contribution in [-0.4, -0.2) is 5.24 Å². The molecule has 24 heavy (non-hydrogen) atoms. The number of hydrogen-bond donors (Lipinski definition) is 1. The Morgan fingerprint density at radius 2 is 1.71 bits per heavy atom. The molecule has 0 unspecified atom stereocenters. The summed E-state index contributed by atoms with van der Waals surface area (Å²) in [5.74, 6) is 0.685. The number of amides is 1. The zero-order chi connectivity index (χ0) is 16.9. The average molecular weight is 335 g/mol. The Kier molecular flexibility index (Phi) is 5.21. The Bertz CT molecular complexity index is 845. The third-order valence-electron chi connectivity index (χ3n) is 4.30. The molecule has 1 amide bonds. The highest BCUT2D eigenvalue weighted by atomic mass is 32.2. The van der Waals surface area contributed by atoms with Crippen molar-refractivity contribution in [2.75, 3.05) is 0 Å². The van der Waals surface area contributed by atoms with Crippen LogP contribution in [0.2, 0.25) is 0 Å². The van der Waals surface area contributed by atoms with Crippen molar-refractivity contribution in [3.8, 4) is 0 Å². The molecule has 0 fully saturated rings. The van der Waals surface area contributed by atoms with E-state index in [4.69, 9.17) is 0 Å². The number of nitrogens with one attached hydrogen (secondary N) is 1. The molecule has 122 valence electrons. The van der Waals surface area contributed by atoms with Gasteiger partial charge in [0.25, 0.3) is 5.24 Å². The van der Waals surface area contributed by atoms with Crippen LogP contribution in [0, 0.1) is 6.92 Å². The summed E-state index contributed by atoms with van der Waals surface area (Å²) in [7, 11) is 0. The van der Waals surface area contributed by atoms with Crippen molar-refractivity contribution in [3.63, 3.8) is 0 Å². The molecule has 3 rings (SSSR count). The van der Waals surface area contributed by atoms with Crippen molar-refractivity contribution >= 4 is 27.8 Å². The summed E-state index contributed by atoms with van der Waals surface area (Å²) in [6, 6.07) is 22.7. The van der Waals surface area contributed by atoms with Gasteiger partial charge in [0.05, 0.1) is 6.04 Å². The van der Waals surface area contributed by atoms with Gasteiger partial charge in [-0.1, -0.05) is 78.5 Å². The first-order chi connectivity index (χ1) is 11.6. The molecule has 0 aliphatic rings. The highest BCUT2D eigenvalue weighted by Gasteiger charge is 2.11. The van der Waals surface area contributed by atoms with Crippen LogP contribution in [0.15, 0.2) is 66.7 Å². The fraction of sp³-hybridized carbons (Fsp3) is 0.190. The van der Waals surface area contributed by atoms with Gasteiger partial charge in [0.1, 0.15) is 0 Å². The number of aryl methyl sites for hydroxylation is 1. The van der Waals surface area contributed by atoms with E-state index in [2.05, 4.69) is 48.6 Å². The van der Waals surface area contributed by atoms with E-state index in [0.29, 0.717) is 5.75 Å². The van der Waals surface area contributed by atoms with Gasteiger partial charge in [-0.3, -0.25) is 4.79 Å². The summed E-state index contributed by atoms with van der Waals surface area (Å²) >= 11 is 1.33. The van der Waals surface area contributed by atoms with Gasteiger partial charge in [-0.25, -0.2) is 0 Å². The van der Waals surface area contributed by atoms with E-state index in [1.165, 1.54) is 33.7 Å². The van der Waals surface area contributed by atoms with Crippen LogP contribution < -0.4 is 5.32 Å². The number of hydrogen-bond acceptors (Lipinski definition) is 2. The zero-order valence-electron chi connectivity index (χ0n) is 14.0. The van der Waals surface area contributed by atoms with E-state index >= 15 is 0 Å². The Balaban J connectivity index is 1.63. The first-order valence-corrected chi connectivity index (χ1v) is 9.09. The van der Waals surface area contributed by atoms with E-state index in [0.717, 1.165) is 5.56 Å². The highest BCUT2D eigenvalue weighted by molar-refractivity contribution is 8.12. The number of benzene rings is 3. The van der Waals surface area contributed by atoms with Gasteiger partial charge in [-0.2, -0.15) is 0 Å². The molecule has 3 heteroatoms. The fourth-order valence-electron chi connectivity index (χ4n) is 2.82. The van der Waals surface area contributed by atoms with E-state index in [-0.39, 0.29) is 11.3 Å². The summed E-state index contributed by atoms with van der Waals surface area (Å²) in [6.07, 6.45) is 0. The quantitative estimate of drug-likeness (QED) is 0.648. The summed E-state index contributed by atoms with van der Waals surface area (Å²) in [6.45, 7) is 4.14. The molecule has 3 aromatic carbocycles. The topological polar surface area (TPSA) is 29.1 Å². The molecule has 0 radical (unpaired) electrons. The molecular formula is C21H21NOS. The molecule has 0 saturated carbocycles. The molecule has 2 nitrogen and oxygen atoms in total. The zero-order valence-corrected chi connectivity index (χ0v) is 14.8. The molecule has 1 N–H and O–H groups in total. The van der Waals surface area contributed by atoms with Crippen molar-refractivity contribution in [1.29, 1.82) is 0 Å². The second kappa shape index (κ2) is 7.54. The largest absolute Gasteiger partial charge is 0.340 e. The molecule has 0 heterocycles. The van der Waals surface area contributed by atoms with Crippen molar-refractivity contribution in [1.82, 2.24) is 5.32 Å². The van der Waals surface area contributed by atoms with Crippen molar-refractivity contribution in [2.45, 2.75) is 25.6 Å². The predicted molar refractivity (Wildman–Crippen MR) is 103 cm³/mol. The molecular weight excluding hydrogens is 314 g/mol. The second-order valence-corrected chi connectivity index (χ2v) is 6.87. The minimum Gasteiger partial charge on any atom is -0.340 e. The van der Waals surface area contributed by atoms with E-state index in [1.807, 2.05) is 37.3 Å². The SMILES string of the molecule is Cc1c(CSC(=O)N[C@H](C)c2ccccc2)ccc2ccccc12. The Hall–Kier alpha value is -2.26. The first-order valence-electron chi connectivity index (χ1n) is 8.10. The lowest BCUT2D eigenvalue weighted by molar-refractivity contribution is 0.258. The third-order valence-corrected chi connectivity index (χ3v) is 5.14. The molecule has 0 aromatic heterocycles. The normalized spacial score (nSPS) is 12.1. The van der Waals surface area contributed by atoms with Gasteiger partial charge < -0.3 is 5.32 Å². The number of carbonyl (C=O) groups excluding carboxylic acids is 1. The van der Waals surface area contributed by atoms with Gasteiger partial charge in [-0.15, -0.1) is 0 Å². The molecule has 0 aliphatic carbocycles. The minimum absolute atomic E-state index is 0.0129. The first kappa shape index (κ1) is 16.6. The summed E-state index contributed by atoms with van der Waals surface area (Å²) in [5, 5.41) is 5.56. The lowest BCUT2D eigenvalue weighted by Gasteiger charge is -2.14. The van der Waals surface area contributed by atoms with Crippen molar-refractivity contribution in [2.24, 2.45) is 0 Å². The Morgan fingerprint density at radius 1 is 1.00 bits per heavy atom. The second-order valence-electron chi connectivity index (χ2n) is 5.92. The molecule has 1 atom stereocenters. The van der Waals surface area contributed by atoms with Gasteiger partial charge in [0.2, 0.25) is 0 Å². The van der Waals surface area contributed by atoms with Crippen LogP contribution in [-0.2, 0) is 5.75 Å². The molecule has 3 aromatic rings. The smallest absolute Gasteiger partial charge is 0.279 e. The predicted octanol–water partition coefficient (Wildman–Crippen LogP) is 5.85. The van der Waals surface area contributed by atoms with E-state index in [1.54, 1.807) is 0 Å². The molecule has 0 bridgehead atoms. The number of rotatable bonds is 4. The standard InChI is InChI=1S/C21H21NOS/c1-15-19(13-12-18-10-6-7-11-20(15)18)14-24-21(23)22-16(2)17-8-4-3-5-9-17/h3-13,16H,14H2,1-2H3,(H,22,23)/t16-/m1/s1. The van der Waals surface area contributed by atoms with Crippen LogP contribution in [0.1, 0.15) is 29.7 Å². The third kappa shape index (κ3) is 3.80.